The molecule has 1 heterocycles. The smallest absolute Gasteiger partial charge is 0.266 e. The molecule has 5 nitrogen and oxygen atoms in total. The van der Waals surface area contributed by atoms with Gasteiger partial charge in [-0.2, -0.15) is 0 Å². The standard InChI is InChI=1S/C28H29N3O2/c1-5-26(32)30(18-22-11-7-6-8-12-22)21(4)27-29-24-14-10-9-13-23(24)28(33)31(27)25-16-15-19(2)17-20(25)3/h6-17,21H,5,18H2,1-4H3. The number of benzene rings is 3. The molecule has 5 heteroatoms. The zero-order chi connectivity index (χ0) is 23.5. The van der Waals surface area contributed by atoms with Crippen molar-refractivity contribution in [3.8, 4) is 5.69 Å². The van der Waals surface area contributed by atoms with Crippen molar-refractivity contribution in [2.45, 2.75) is 46.7 Å². The third-order valence-electron chi connectivity index (χ3n) is 6.05. The van der Waals surface area contributed by atoms with Crippen molar-refractivity contribution in [2.24, 2.45) is 0 Å². The number of fused-ring (bicyclic) bond motifs is 1. The molecule has 1 amide bonds. The van der Waals surface area contributed by atoms with Crippen LogP contribution in [0.15, 0.2) is 77.6 Å². The van der Waals surface area contributed by atoms with E-state index in [1.165, 1.54) is 0 Å². The van der Waals surface area contributed by atoms with E-state index in [4.69, 9.17) is 4.98 Å². The number of hydrogen-bond acceptors (Lipinski definition) is 3. The van der Waals surface area contributed by atoms with E-state index in [9.17, 15) is 9.59 Å². The zero-order valence-electron chi connectivity index (χ0n) is 19.6. The Morgan fingerprint density at radius 2 is 1.70 bits per heavy atom. The molecule has 4 rings (SSSR count). The van der Waals surface area contributed by atoms with Crippen LogP contribution in [0.1, 0.15) is 48.8 Å². The minimum absolute atomic E-state index is 0.0148. The van der Waals surface area contributed by atoms with Gasteiger partial charge in [0, 0.05) is 13.0 Å². The summed E-state index contributed by atoms with van der Waals surface area (Å²) in [4.78, 5) is 33.5. The lowest BCUT2D eigenvalue weighted by atomic mass is 10.1. The van der Waals surface area contributed by atoms with Crippen LogP contribution in [0.3, 0.4) is 0 Å². The number of aryl methyl sites for hydroxylation is 2. The van der Waals surface area contributed by atoms with Gasteiger partial charge in [-0.25, -0.2) is 4.98 Å². The summed E-state index contributed by atoms with van der Waals surface area (Å²) in [5, 5.41) is 0.560. The minimum atomic E-state index is -0.407. The lowest BCUT2D eigenvalue weighted by molar-refractivity contribution is -0.133. The summed E-state index contributed by atoms with van der Waals surface area (Å²) in [7, 11) is 0. The molecule has 4 aromatic rings. The average Bonchev–Trinajstić information content (AvgIpc) is 2.83. The van der Waals surface area contributed by atoms with Crippen molar-refractivity contribution in [3.63, 3.8) is 0 Å². The van der Waals surface area contributed by atoms with E-state index in [1.807, 2.05) is 93.3 Å². The van der Waals surface area contributed by atoms with Crippen molar-refractivity contribution in [2.75, 3.05) is 0 Å². The number of aromatic nitrogens is 2. The van der Waals surface area contributed by atoms with E-state index in [1.54, 1.807) is 10.6 Å². The SMILES string of the molecule is CCC(=O)N(Cc1ccccc1)C(C)c1nc2ccccc2c(=O)n1-c1ccc(C)cc1C. The number of para-hydroxylation sites is 1. The second-order valence-corrected chi connectivity index (χ2v) is 8.45. The summed E-state index contributed by atoms with van der Waals surface area (Å²) in [6.45, 7) is 8.29. The fraction of sp³-hybridized carbons (Fsp3) is 0.250. The maximum Gasteiger partial charge on any atom is 0.266 e. The predicted molar refractivity (Wildman–Crippen MR) is 133 cm³/mol. The molecule has 0 aliphatic rings. The maximum atomic E-state index is 13.7. The fourth-order valence-electron chi connectivity index (χ4n) is 4.28. The van der Waals surface area contributed by atoms with Crippen LogP contribution >= 0.6 is 0 Å². The van der Waals surface area contributed by atoms with E-state index in [0.717, 1.165) is 22.4 Å². The van der Waals surface area contributed by atoms with E-state index in [2.05, 4.69) is 6.07 Å². The van der Waals surface area contributed by atoms with Gasteiger partial charge in [-0.3, -0.25) is 14.2 Å². The van der Waals surface area contributed by atoms with E-state index in [-0.39, 0.29) is 11.5 Å². The molecule has 1 unspecified atom stereocenters. The molecular formula is C28H29N3O2. The average molecular weight is 440 g/mol. The second kappa shape index (κ2) is 9.41. The molecule has 0 saturated heterocycles. The zero-order valence-corrected chi connectivity index (χ0v) is 19.6. The van der Waals surface area contributed by atoms with Crippen LogP contribution in [0.4, 0.5) is 0 Å². The molecule has 1 atom stereocenters. The number of nitrogens with zero attached hydrogens (tertiary/aromatic N) is 3. The van der Waals surface area contributed by atoms with E-state index < -0.39 is 6.04 Å². The predicted octanol–water partition coefficient (Wildman–Crippen LogP) is 5.50. The molecule has 0 spiro atoms. The number of hydrogen-bond donors (Lipinski definition) is 0. The second-order valence-electron chi connectivity index (χ2n) is 8.45. The lowest BCUT2D eigenvalue weighted by Crippen LogP contribution is -2.37. The topological polar surface area (TPSA) is 55.2 Å². The van der Waals surface area contributed by atoms with Gasteiger partial charge in [0.25, 0.3) is 5.56 Å². The summed E-state index contributed by atoms with van der Waals surface area (Å²) in [6.07, 6.45) is 0.374. The number of rotatable bonds is 6. The minimum Gasteiger partial charge on any atom is -0.328 e. The van der Waals surface area contributed by atoms with Gasteiger partial charge in [-0.05, 0) is 50.1 Å². The van der Waals surface area contributed by atoms with Crippen molar-refractivity contribution in [1.82, 2.24) is 14.5 Å². The summed E-state index contributed by atoms with van der Waals surface area (Å²) < 4.78 is 1.68. The highest BCUT2D eigenvalue weighted by Crippen LogP contribution is 2.26. The first-order valence-electron chi connectivity index (χ1n) is 11.3. The number of amides is 1. The van der Waals surface area contributed by atoms with Crippen LogP contribution in [0.2, 0.25) is 0 Å². The van der Waals surface area contributed by atoms with Gasteiger partial charge < -0.3 is 4.90 Å². The molecule has 0 aliphatic heterocycles. The Bertz CT molecular complexity index is 1360. The molecule has 3 aromatic carbocycles. The molecule has 33 heavy (non-hydrogen) atoms. The van der Waals surface area contributed by atoms with Crippen LogP contribution in [0, 0.1) is 13.8 Å². The summed E-state index contributed by atoms with van der Waals surface area (Å²) in [5.74, 6) is 0.573. The van der Waals surface area contributed by atoms with Crippen molar-refractivity contribution < 1.29 is 4.79 Å². The first-order valence-corrected chi connectivity index (χ1v) is 11.3. The van der Waals surface area contributed by atoms with Crippen molar-refractivity contribution in [1.29, 1.82) is 0 Å². The molecule has 0 radical (unpaired) electrons. The third-order valence-corrected chi connectivity index (χ3v) is 6.05. The van der Waals surface area contributed by atoms with Gasteiger partial charge in [-0.15, -0.1) is 0 Å². The van der Waals surface area contributed by atoms with Crippen LogP contribution < -0.4 is 5.56 Å². The Balaban J connectivity index is 1.94. The Morgan fingerprint density at radius 1 is 1.00 bits per heavy atom. The normalized spacial score (nSPS) is 12.0. The maximum absolute atomic E-state index is 13.7. The summed E-state index contributed by atoms with van der Waals surface area (Å²) in [5.41, 5.74) is 4.44. The van der Waals surface area contributed by atoms with Gasteiger partial charge in [0.05, 0.1) is 22.6 Å². The van der Waals surface area contributed by atoms with E-state index in [0.29, 0.717) is 29.7 Å². The van der Waals surface area contributed by atoms with Gasteiger partial charge in [0.15, 0.2) is 0 Å². The summed E-state index contributed by atoms with van der Waals surface area (Å²) >= 11 is 0. The van der Waals surface area contributed by atoms with Crippen LogP contribution in [0.25, 0.3) is 16.6 Å². The van der Waals surface area contributed by atoms with Crippen LogP contribution in [-0.2, 0) is 11.3 Å². The highest BCUT2D eigenvalue weighted by Gasteiger charge is 2.26. The lowest BCUT2D eigenvalue weighted by Gasteiger charge is -2.31. The molecule has 0 saturated carbocycles. The fourth-order valence-corrected chi connectivity index (χ4v) is 4.28. The van der Waals surface area contributed by atoms with Gasteiger partial charge >= 0.3 is 0 Å². The van der Waals surface area contributed by atoms with Crippen LogP contribution in [0.5, 0.6) is 0 Å². The Labute approximate surface area is 194 Å². The van der Waals surface area contributed by atoms with E-state index >= 15 is 0 Å². The van der Waals surface area contributed by atoms with Gasteiger partial charge in [0.2, 0.25) is 5.91 Å². The molecule has 0 N–H and O–H groups in total. The number of carbonyl (C=O) groups is 1. The monoisotopic (exact) mass is 439 g/mol. The molecule has 168 valence electrons. The highest BCUT2D eigenvalue weighted by molar-refractivity contribution is 5.79. The molecule has 0 fully saturated rings. The largest absolute Gasteiger partial charge is 0.328 e. The third kappa shape index (κ3) is 4.44. The Kier molecular flexibility index (Phi) is 6.40. The quantitative estimate of drug-likeness (QED) is 0.398. The molecule has 0 aliphatic carbocycles. The van der Waals surface area contributed by atoms with Gasteiger partial charge in [0.1, 0.15) is 5.82 Å². The Morgan fingerprint density at radius 3 is 2.39 bits per heavy atom. The summed E-state index contributed by atoms with van der Waals surface area (Å²) in [6, 6.07) is 22.9. The Hall–Kier alpha value is -3.73. The van der Waals surface area contributed by atoms with Gasteiger partial charge in [-0.1, -0.05) is 67.1 Å². The molecule has 0 bridgehead atoms. The number of carbonyl (C=O) groups excluding carboxylic acids is 1. The highest BCUT2D eigenvalue weighted by atomic mass is 16.2. The van der Waals surface area contributed by atoms with Crippen LogP contribution in [-0.4, -0.2) is 20.4 Å². The first-order chi connectivity index (χ1) is 15.9. The molecular weight excluding hydrogens is 410 g/mol. The van der Waals surface area contributed by atoms with Crippen molar-refractivity contribution >= 4 is 16.8 Å². The first kappa shape index (κ1) is 22.5. The molecule has 1 aromatic heterocycles. The van der Waals surface area contributed by atoms with Crippen molar-refractivity contribution in [3.05, 3.63) is 106 Å².